The summed E-state index contributed by atoms with van der Waals surface area (Å²) in [4.78, 5) is 32.5. The van der Waals surface area contributed by atoms with Gasteiger partial charge in [0.2, 0.25) is 5.43 Å². The molecule has 1 aromatic carbocycles. The van der Waals surface area contributed by atoms with E-state index in [0.29, 0.717) is 23.7 Å². The van der Waals surface area contributed by atoms with E-state index in [1.54, 1.807) is 12.1 Å². The zero-order valence-electron chi connectivity index (χ0n) is 8.60. The Kier molecular flexibility index (Phi) is 2.84. The van der Waals surface area contributed by atoms with Crippen LogP contribution in [0.2, 0.25) is 0 Å². The van der Waals surface area contributed by atoms with Gasteiger partial charge in [-0.2, -0.15) is 0 Å². The lowest BCUT2D eigenvalue weighted by atomic mass is 10.1. The summed E-state index contributed by atoms with van der Waals surface area (Å²) in [6.07, 6.45) is 2.03. The molecule has 0 N–H and O–H groups in total. The number of carbonyl (C=O) groups is 2. The third-order valence-corrected chi connectivity index (χ3v) is 2.20. The first-order valence-electron chi connectivity index (χ1n) is 4.72. The topological polar surface area (TPSA) is 64.3 Å². The fraction of sp³-hybridized carbons (Fsp3) is 0. The molecule has 4 heteroatoms. The number of hydrogen-bond acceptors (Lipinski definition) is 4. The highest BCUT2D eigenvalue weighted by Gasteiger charge is 2.06. The molecule has 0 aliphatic rings. The first-order valence-corrected chi connectivity index (χ1v) is 4.72. The lowest BCUT2D eigenvalue weighted by Gasteiger charge is -1.97. The van der Waals surface area contributed by atoms with Crippen molar-refractivity contribution in [3.05, 3.63) is 45.8 Å². The molecular formula is C13H6O4. The summed E-state index contributed by atoms with van der Waals surface area (Å²) < 4.78 is 5.12. The van der Waals surface area contributed by atoms with Crippen LogP contribution in [0.25, 0.3) is 11.0 Å². The van der Waals surface area contributed by atoms with Crippen LogP contribution < -0.4 is 5.43 Å². The number of fused-ring (bicyclic) bond motifs is 1. The van der Waals surface area contributed by atoms with Crippen molar-refractivity contribution in [3.8, 4) is 11.8 Å². The van der Waals surface area contributed by atoms with E-state index in [9.17, 15) is 14.4 Å². The molecule has 0 fully saturated rings. The van der Waals surface area contributed by atoms with Crippen molar-refractivity contribution in [2.24, 2.45) is 0 Å². The Morgan fingerprint density at radius 1 is 1.24 bits per heavy atom. The van der Waals surface area contributed by atoms with Crippen molar-refractivity contribution in [3.63, 3.8) is 0 Å². The van der Waals surface area contributed by atoms with Crippen LogP contribution in [0.15, 0.2) is 33.7 Å². The molecule has 0 bridgehead atoms. The summed E-state index contributed by atoms with van der Waals surface area (Å²) in [6, 6.07) is 4.69. The largest absolute Gasteiger partial charge is 0.463 e. The molecular weight excluding hydrogens is 220 g/mol. The number of hydrogen-bond donors (Lipinski definition) is 0. The maximum Gasteiger partial charge on any atom is 0.203 e. The summed E-state index contributed by atoms with van der Waals surface area (Å²) in [7, 11) is 0. The molecule has 82 valence electrons. The fourth-order valence-corrected chi connectivity index (χ4v) is 1.42. The van der Waals surface area contributed by atoms with Crippen LogP contribution >= 0.6 is 0 Å². The van der Waals surface area contributed by atoms with E-state index in [-0.39, 0.29) is 10.9 Å². The Morgan fingerprint density at radius 2 is 2.06 bits per heavy atom. The summed E-state index contributed by atoms with van der Waals surface area (Å²) >= 11 is 0. The van der Waals surface area contributed by atoms with Gasteiger partial charge in [-0.15, -0.1) is 0 Å². The molecule has 0 amide bonds. The molecule has 1 heterocycles. The van der Waals surface area contributed by atoms with Crippen LogP contribution in [0.4, 0.5) is 0 Å². The van der Waals surface area contributed by atoms with Gasteiger partial charge in [-0.1, -0.05) is 5.92 Å². The van der Waals surface area contributed by atoms with Gasteiger partial charge in [0, 0.05) is 5.56 Å². The first-order chi connectivity index (χ1) is 8.26. The van der Waals surface area contributed by atoms with Gasteiger partial charge in [0.05, 0.1) is 10.9 Å². The highest BCUT2D eigenvalue weighted by molar-refractivity contribution is 5.85. The van der Waals surface area contributed by atoms with Gasteiger partial charge in [0.15, 0.2) is 12.6 Å². The summed E-state index contributed by atoms with van der Waals surface area (Å²) in [5.41, 5.74) is 0.436. The second-order valence-electron chi connectivity index (χ2n) is 3.24. The van der Waals surface area contributed by atoms with Crippen LogP contribution in [0.5, 0.6) is 0 Å². The second-order valence-corrected chi connectivity index (χ2v) is 3.24. The van der Waals surface area contributed by atoms with E-state index >= 15 is 0 Å². The number of aldehydes is 2. The third kappa shape index (κ3) is 1.99. The van der Waals surface area contributed by atoms with E-state index in [1.807, 2.05) is 0 Å². The molecule has 0 unspecified atom stereocenters. The Bertz CT molecular complexity index is 714. The van der Waals surface area contributed by atoms with Crippen LogP contribution in [0, 0.1) is 11.8 Å². The minimum absolute atomic E-state index is 0.0435. The summed E-state index contributed by atoms with van der Waals surface area (Å²) in [5, 5.41) is 0.271. The minimum Gasteiger partial charge on any atom is -0.463 e. The normalized spacial score (nSPS) is 9.41. The molecule has 0 radical (unpaired) electrons. The van der Waals surface area contributed by atoms with Gasteiger partial charge in [-0.25, -0.2) is 0 Å². The van der Waals surface area contributed by atoms with Crippen LogP contribution in [-0.4, -0.2) is 12.6 Å². The Balaban J connectivity index is 2.74. The minimum atomic E-state index is -0.406. The van der Waals surface area contributed by atoms with Gasteiger partial charge in [-0.3, -0.25) is 14.4 Å². The Hall–Kier alpha value is -2.67. The fourth-order valence-electron chi connectivity index (χ4n) is 1.42. The SMILES string of the molecule is O=CC#Cc1ccc2occ(C=O)c(=O)c2c1. The van der Waals surface area contributed by atoms with E-state index in [1.165, 1.54) is 6.07 Å². The highest BCUT2D eigenvalue weighted by Crippen LogP contribution is 2.12. The number of carbonyl (C=O) groups excluding carboxylic acids is 2. The van der Waals surface area contributed by atoms with Gasteiger partial charge in [0.1, 0.15) is 11.8 Å². The average Bonchev–Trinajstić information content (AvgIpc) is 2.37. The molecule has 0 spiro atoms. The van der Waals surface area contributed by atoms with E-state index in [0.717, 1.165) is 6.26 Å². The highest BCUT2D eigenvalue weighted by atomic mass is 16.3. The van der Waals surface area contributed by atoms with E-state index < -0.39 is 5.43 Å². The molecule has 17 heavy (non-hydrogen) atoms. The molecule has 0 saturated carbocycles. The van der Waals surface area contributed by atoms with E-state index in [4.69, 9.17) is 4.42 Å². The van der Waals surface area contributed by atoms with Crippen LogP contribution in [0.1, 0.15) is 15.9 Å². The number of rotatable bonds is 1. The molecule has 1 aromatic heterocycles. The van der Waals surface area contributed by atoms with Gasteiger partial charge in [-0.05, 0) is 24.1 Å². The predicted molar refractivity (Wildman–Crippen MR) is 60.8 cm³/mol. The lowest BCUT2D eigenvalue weighted by molar-refractivity contribution is -0.103. The van der Waals surface area contributed by atoms with Crippen molar-refractivity contribution < 1.29 is 14.0 Å². The summed E-state index contributed by atoms with van der Waals surface area (Å²) in [5.74, 6) is 4.81. The second kappa shape index (κ2) is 4.45. The third-order valence-electron chi connectivity index (χ3n) is 2.20. The van der Waals surface area contributed by atoms with Crippen LogP contribution in [-0.2, 0) is 4.79 Å². The Labute approximate surface area is 95.9 Å². The zero-order valence-corrected chi connectivity index (χ0v) is 8.60. The standard InChI is InChI=1S/C13H6O4/c14-5-1-2-9-3-4-12-11(6-9)13(16)10(7-15)8-17-12/h3-8H. The van der Waals surface area contributed by atoms with Crippen molar-refractivity contribution in [2.45, 2.75) is 0 Å². The number of benzene rings is 1. The van der Waals surface area contributed by atoms with Gasteiger partial charge >= 0.3 is 0 Å². The molecule has 0 aliphatic heterocycles. The molecule has 0 atom stereocenters. The Morgan fingerprint density at radius 3 is 2.76 bits per heavy atom. The first kappa shape index (κ1) is 10.8. The predicted octanol–water partition coefficient (Wildman–Crippen LogP) is 1.16. The van der Waals surface area contributed by atoms with Crippen molar-refractivity contribution in [1.82, 2.24) is 0 Å². The van der Waals surface area contributed by atoms with Crippen molar-refractivity contribution in [2.75, 3.05) is 0 Å². The molecule has 2 rings (SSSR count). The quantitative estimate of drug-likeness (QED) is 0.540. The molecule has 0 aliphatic carbocycles. The van der Waals surface area contributed by atoms with Crippen molar-refractivity contribution >= 4 is 23.5 Å². The van der Waals surface area contributed by atoms with Crippen molar-refractivity contribution in [1.29, 1.82) is 0 Å². The van der Waals surface area contributed by atoms with E-state index in [2.05, 4.69) is 11.8 Å². The maximum atomic E-state index is 11.8. The molecule has 2 aromatic rings. The molecule has 4 nitrogen and oxygen atoms in total. The molecule has 0 saturated heterocycles. The maximum absolute atomic E-state index is 11.8. The monoisotopic (exact) mass is 226 g/mol. The van der Waals surface area contributed by atoms with Gasteiger partial charge < -0.3 is 4.42 Å². The summed E-state index contributed by atoms with van der Waals surface area (Å²) in [6.45, 7) is 0. The smallest absolute Gasteiger partial charge is 0.203 e. The zero-order chi connectivity index (χ0) is 12.3. The average molecular weight is 226 g/mol. The van der Waals surface area contributed by atoms with Gasteiger partial charge in [0.25, 0.3) is 0 Å². The lowest BCUT2D eigenvalue weighted by Crippen LogP contribution is -2.07. The van der Waals surface area contributed by atoms with Crippen LogP contribution in [0.3, 0.4) is 0 Å².